The lowest BCUT2D eigenvalue weighted by atomic mass is 10.2. The molecule has 0 amide bonds. The number of hydrogen-bond donors (Lipinski definition) is 2. The van der Waals surface area contributed by atoms with Gasteiger partial charge < -0.3 is 11.1 Å². The zero-order valence-electron chi connectivity index (χ0n) is 11.5. The molecule has 0 aliphatic heterocycles. The quantitative estimate of drug-likeness (QED) is 0.848. The lowest BCUT2D eigenvalue weighted by Crippen LogP contribution is -2.10. The predicted molar refractivity (Wildman–Crippen MR) is 82.9 cm³/mol. The fraction of sp³-hybridized carbons (Fsp3) is 0.308. The van der Waals surface area contributed by atoms with E-state index in [4.69, 9.17) is 5.73 Å². The van der Waals surface area contributed by atoms with Crippen molar-refractivity contribution >= 4 is 32.5 Å². The van der Waals surface area contributed by atoms with E-state index in [9.17, 15) is 8.42 Å². The Labute approximate surface area is 122 Å². The van der Waals surface area contributed by atoms with E-state index in [1.807, 2.05) is 19.2 Å². The molecule has 0 fully saturated rings. The van der Waals surface area contributed by atoms with E-state index in [-0.39, 0.29) is 16.6 Å². The van der Waals surface area contributed by atoms with Crippen LogP contribution >= 0.6 is 11.3 Å². The SMILES string of the molecule is Cc1csc(C(C)Nc2cccc(S(C)(=O)=O)c2N)n1. The van der Waals surface area contributed by atoms with Crippen LogP contribution in [0.15, 0.2) is 28.5 Å². The van der Waals surface area contributed by atoms with Gasteiger partial charge in [-0.25, -0.2) is 13.4 Å². The fourth-order valence-corrected chi connectivity index (χ4v) is 3.50. The number of aryl methyl sites for hydroxylation is 1. The third-order valence-electron chi connectivity index (χ3n) is 2.84. The van der Waals surface area contributed by atoms with Gasteiger partial charge in [0.1, 0.15) is 5.01 Å². The summed E-state index contributed by atoms with van der Waals surface area (Å²) in [6.07, 6.45) is 1.15. The topological polar surface area (TPSA) is 85.1 Å². The Morgan fingerprint density at radius 3 is 2.65 bits per heavy atom. The molecule has 0 bridgehead atoms. The van der Waals surface area contributed by atoms with E-state index in [0.29, 0.717) is 5.69 Å². The normalized spacial score (nSPS) is 13.2. The number of anilines is 2. The van der Waals surface area contributed by atoms with Gasteiger partial charge in [-0.05, 0) is 26.0 Å². The van der Waals surface area contributed by atoms with E-state index in [1.165, 1.54) is 6.07 Å². The average Bonchev–Trinajstić information content (AvgIpc) is 2.77. The van der Waals surface area contributed by atoms with Crippen LogP contribution in [0.4, 0.5) is 11.4 Å². The Hall–Kier alpha value is -1.60. The highest BCUT2D eigenvalue weighted by Gasteiger charge is 2.16. The molecule has 5 nitrogen and oxygen atoms in total. The molecule has 1 unspecified atom stereocenters. The largest absolute Gasteiger partial charge is 0.396 e. The predicted octanol–water partition coefficient (Wildman–Crippen LogP) is 2.61. The van der Waals surface area contributed by atoms with Crippen LogP contribution in [-0.2, 0) is 9.84 Å². The monoisotopic (exact) mass is 311 g/mol. The van der Waals surface area contributed by atoms with E-state index in [2.05, 4.69) is 10.3 Å². The molecule has 2 aromatic rings. The molecule has 1 atom stereocenters. The van der Waals surface area contributed by atoms with Gasteiger partial charge in [0.15, 0.2) is 9.84 Å². The van der Waals surface area contributed by atoms with Crippen LogP contribution in [-0.4, -0.2) is 19.7 Å². The Morgan fingerprint density at radius 1 is 1.40 bits per heavy atom. The van der Waals surface area contributed by atoms with Crippen molar-refractivity contribution in [2.24, 2.45) is 0 Å². The first kappa shape index (κ1) is 14.8. The van der Waals surface area contributed by atoms with Gasteiger partial charge in [-0.3, -0.25) is 0 Å². The molecule has 1 aromatic heterocycles. The highest BCUT2D eigenvalue weighted by Crippen LogP contribution is 2.30. The van der Waals surface area contributed by atoms with Crippen LogP contribution in [0, 0.1) is 6.92 Å². The number of hydrogen-bond acceptors (Lipinski definition) is 6. The highest BCUT2D eigenvalue weighted by molar-refractivity contribution is 7.90. The van der Waals surface area contributed by atoms with Crippen molar-refractivity contribution in [2.45, 2.75) is 24.8 Å². The number of aromatic nitrogens is 1. The van der Waals surface area contributed by atoms with Gasteiger partial charge in [0, 0.05) is 17.3 Å². The number of nitrogen functional groups attached to an aromatic ring is 1. The molecule has 0 aliphatic rings. The molecular formula is C13H17N3O2S2. The molecule has 1 aromatic carbocycles. The molecule has 20 heavy (non-hydrogen) atoms. The summed E-state index contributed by atoms with van der Waals surface area (Å²) in [4.78, 5) is 4.55. The first-order valence-corrected chi connectivity index (χ1v) is 8.83. The minimum Gasteiger partial charge on any atom is -0.396 e. The molecular weight excluding hydrogens is 294 g/mol. The highest BCUT2D eigenvalue weighted by atomic mass is 32.2. The second-order valence-electron chi connectivity index (χ2n) is 4.68. The van der Waals surface area contributed by atoms with Gasteiger partial charge in [0.05, 0.1) is 22.3 Å². The van der Waals surface area contributed by atoms with Crippen molar-refractivity contribution in [3.05, 3.63) is 34.3 Å². The van der Waals surface area contributed by atoms with E-state index < -0.39 is 9.84 Å². The number of para-hydroxylation sites is 1. The minimum atomic E-state index is -3.33. The Bertz CT molecular complexity index is 723. The van der Waals surface area contributed by atoms with Gasteiger partial charge in [-0.1, -0.05) is 6.07 Å². The second-order valence-corrected chi connectivity index (χ2v) is 7.56. The molecule has 108 valence electrons. The summed E-state index contributed by atoms with van der Waals surface area (Å²) in [6, 6.07) is 4.91. The Balaban J connectivity index is 2.31. The first-order chi connectivity index (χ1) is 9.29. The summed E-state index contributed by atoms with van der Waals surface area (Å²) in [5.74, 6) is 0. The summed E-state index contributed by atoms with van der Waals surface area (Å²) in [7, 11) is -3.33. The van der Waals surface area contributed by atoms with Crippen molar-refractivity contribution < 1.29 is 8.42 Å². The number of nitrogens with zero attached hydrogens (tertiary/aromatic N) is 1. The van der Waals surface area contributed by atoms with Crippen LogP contribution in [0.5, 0.6) is 0 Å². The lowest BCUT2D eigenvalue weighted by Gasteiger charge is -2.16. The van der Waals surface area contributed by atoms with E-state index in [1.54, 1.807) is 23.5 Å². The van der Waals surface area contributed by atoms with Gasteiger partial charge in [0.2, 0.25) is 0 Å². The number of nitrogens with two attached hydrogens (primary N) is 1. The first-order valence-electron chi connectivity index (χ1n) is 6.06. The van der Waals surface area contributed by atoms with Gasteiger partial charge in [-0.2, -0.15) is 0 Å². The van der Waals surface area contributed by atoms with E-state index >= 15 is 0 Å². The zero-order chi connectivity index (χ0) is 14.9. The molecule has 0 spiro atoms. The van der Waals surface area contributed by atoms with Crippen LogP contribution in [0.2, 0.25) is 0 Å². The van der Waals surface area contributed by atoms with Gasteiger partial charge >= 0.3 is 0 Å². The third-order valence-corrected chi connectivity index (χ3v) is 5.15. The summed E-state index contributed by atoms with van der Waals surface area (Å²) in [5, 5.41) is 6.12. The summed E-state index contributed by atoms with van der Waals surface area (Å²) in [5.41, 5.74) is 7.76. The zero-order valence-corrected chi connectivity index (χ0v) is 13.2. The molecule has 0 saturated heterocycles. The maximum Gasteiger partial charge on any atom is 0.177 e. The third kappa shape index (κ3) is 3.10. The molecule has 0 aliphatic carbocycles. The van der Waals surface area contributed by atoms with Crippen LogP contribution < -0.4 is 11.1 Å². The van der Waals surface area contributed by atoms with Gasteiger partial charge in [0.25, 0.3) is 0 Å². The fourth-order valence-electron chi connectivity index (χ4n) is 1.86. The second kappa shape index (κ2) is 5.41. The van der Waals surface area contributed by atoms with Crippen LogP contribution in [0.1, 0.15) is 23.7 Å². The van der Waals surface area contributed by atoms with E-state index in [0.717, 1.165) is 17.0 Å². The summed E-state index contributed by atoms with van der Waals surface area (Å²) < 4.78 is 23.3. The molecule has 7 heteroatoms. The standard InChI is InChI=1S/C13H17N3O2S2/c1-8-7-19-13(15-8)9(2)16-10-5-4-6-11(12(10)14)20(3,17)18/h4-7,9,16H,14H2,1-3H3. The van der Waals surface area contributed by atoms with Crippen molar-refractivity contribution in [1.29, 1.82) is 0 Å². The molecule has 1 heterocycles. The number of rotatable bonds is 4. The summed E-state index contributed by atoms with van der Waals surface area (Å²) >= 11 is 1.56. The average molecular weight is 311 g/mol. The van der Waals surface area contributed by atoms with Crippen LogP contribution in [0.3, 0.4) is 0 Å². The molecule has 2 rings (SSSR count). The number of nitrogens with one attached hydrogen (secondary N) is 1. The number of sulfone groups is 1. The lowest BCUT2D eigenvalue weighted by molar-refractivity contribution is 0.602. The van der Waals surface area contributed by atoms with Crippen molar-refractivity contribution in [2.75, 3.05) is 17.3 Å². The smallest absolute Gasteiger partial charge is 0.177 e. The number of thiazole rings is 1. The molecule has 0 saturated carbocycles. The van der Waals surface area contributed by atoms with Crippen molar-refractivity contribution in [3.8, 4) is 0 Å². The maximum atomic E-state index is 11.6. The van der Waals surface area contributed by atoms with Crippen molar-refractivity contribution in [3.63, 3.8) is 0 Å². The molecule has 3 N–H and O–H groups in total. The minimum absolute atomic E-state index is 0.0363. The van der Waals surface area contributed by atoms with Gasteiger partial charge in [-0.15, -0.1) is 11.3 Å². The summed E-state index contributed by atoms with van der Waals surface area (Å²) in [6.45, 7) is 3.90. The molecule has 0 radical (unpaired) electrons. The van der Waals surface area contributed by atoms with Crippen LogP contribution in [0.25, 0.3) is 0 Å². The Morgan fingerprint density at radius 2 is 2.10 bits per heavy atom. The maximum absolute atomic E-state index is 11.6. The van der Waals surface area contributed by atoms with Crippen molar-refractivity contribution in [1.82, 2.24) is 4.98 Å². The Kier molecular flexibility index (Phi) is 4.01. The number of benzene rings is 1.